The van der Waals surface area contributed by atoms with Gasteiger partial charge in [-0.2, -0.15) is 11.8 Å². The molecular weight excluding hydrogens is 280 g/mol. The molecule has 0 aromatic heterocycles. The molecule has 21 heavy (non-hydrogen) atoms. The van der Waals surface area contributed by atoms with Crippen LogP contribution in [0.25, 0.3) is 0 Å². The maximum Gasteiger partial charge on any atom is 0.251 e. The number of benzene rings is 1. The van der Waals surface area contributed by atoms with Crippen LogP contribution in [0, 0.1) is 6.92 Å². The second-order valence-electron chi connectivity index (χ2n) is 5.74. The predicted molar refractivity (Wildman–Crippen MR) is 92.4 cm³/mol. The molecule has 2 atom stereocenters. The Morgan fingerprint density at radius 1 is 1.38 bits per heavy atom. The lowest BCUT2D eigenvalue weighted by molar-refractivity contribution is 0.0938. The summed E-state index contributed by atoms with van der Waals surface area (Å²) in [6, 6.07) is 6.24. The zero-order valence-electron chi connectivity index (χ0n) is 13.2. The average molecular weight is 306 g/mol. The smallest absolute Gasteiger partial charge is 0.251 e. The summed E-state index contributed by atoms with van der Waals surface area (Å²) in [6.45, 7) is 5.16. The van der Waals surface area contributed by atoms with Crippen molar-refractivity contribution in [3.05, 3.63) is 29.3 Å². The highest BCUT2D eigenvalue weighted by atomic mass is 32.2. The van der Waals surface area contributed by atoms with Crippen molar-refractivity contribution in [2.45, 2.75) is 50.8 Å². The van der Waals surface area contributed by atoms with Gasteiger partial charge in [0.05, 0.1) is 0 Å². The summed E-state index contributed by atoms with van der Waals surface area (Å²) in [7, 11) is 0. The van der Waals surface area contributed by atoms with Crippen LogP contribution < -0.4 is 10.6 Å². The third-order valence-electron chi connectivity index (χ3n) is 4.13. The molecule has 4 heteroatoms. The fraction of sp³-hybridized carbons (Fsp3) is 0.588. The van der Waals surface area contributed by atoms with Gasteiger partial charge in [0.15, 0.2) is 0 Å². The molecular formula is C17H26N2OS. The lowest BCUT2D eigenvalue weighted by Crippen LogP contribution is -2.38. The van der Waals surface area contributed by atoms with Crippen molar-refractivity contribution < 1.29 is 4.79 Å². The third kappa shape index (κ3) is 4.16. The highest BCUT2D eigenvalue weighted by molar-refractivity contribution is 7.99. The third-order valence-corrected chi connectivity index (χ3v) is 5.30. The summed E-state index contributed by atoms with van der Waals surface area (Å²) in [5.74, 6) is 0.0612. The predicted octanol–water partition coefficient (Wildman–Crippen LogP) is 3.83. The van der Waals surface area contributed by atoms with E-state index in [9.17, 15) is 4.79 Å². The summed E-state index contributed by atoms with van der Waals surface area (Å²) in [4.78, 5) is 12.4. The molecule has 0 radical (unpaired) electrons. The van der Waals surface area contributed by atoms with E-state index in [4.69, 9.17) is 0 Å². The van der Waals surface area contributed by atoms with Crippen LogP contribution in [0.4, 0.5) is 5.69 Å². The number of anilines is 1. The first-order valence-corrected chi connectivity index (χ1v) is 9.12. The Bertz CT molecular complexity index is 490. The van der Waals surface area contributed by atoms with Crippen LogP contribution >= 0.6 is 11.8 Å². The molecule has 1 amide bonds. The van der Waals surface area contributed by atoms with E-state index in [0.717, 1.165) is 36.2 Å². The van der Waals surface area contributed by atoms with Crippen molar-refractivity contribution in [2.75, 3.05) is 18.1 Å². The first-order valence-electron chi connectivity index (χ1n) is 7.84. The summed E-state index contributed by atoms with van der Waals surface area (Å²) in [5, 5.41) is 7.16. The first kappa shape index (κ1) is 16.2. The Kier molecular flexibility index (Phi) is 5.97. The molecule has 2 rings (SSSR count). The molecule has 1 aromatic rings. The van der Waals surface area contributed by atoms with Crippen LogP contribution in [-0.4, -0.2) is 30.0 Å². The second-order valence-corrected chi connectivity index (χ2v) is 6.82. The number of rotatable bonds is 6. The normalized spacial score (nSPS) is 21.3. The Labute approximate surface area is 132 Å². The van der Waals surface area contributed by atoms with Crippen LogP contribution in [0.5, 0.6) is 0 Å². The van der Waals surface area contributed by atoms with E-state index in [-0.39, 0.29) is 5.91 Å². The molecule has 0 spiro atoms. The molecule has 1 saturated carbocycles. The zero-order chi connectivity index (χ0) is 15.2. The minimum Gasteiger partial charge on any atom is -0.385 e. The average Bonchev–Trinajstić information content (AvgIpc) is 2.93. The fourth-order valence-corrected chi connectivity index (χ4v) is 3.82. The van der Waals surface area contributed by atoms with Crippen LogP contribution in [0.2, 0.25) is 0 Å². The monoisotopic (exact) mass is 306 g/mol. The summed E-state index contributed by atoms with van der Waals surface area (Å²) in [5.41, 5.74) is 3.02. The van der Waals surface area contributed by atoms with Crippen molar-refractivity contribution >= 4 is 23.4 Å². The Hall–Kier alpha value is -1.16. The van der Waals surface area contributed by atoms with Crippen molar-refractivity contribution in [3.8, 4) is 0 Å². The number of nitrogens with one attached hydrogen (secondary N) is 2. The molecule has 1 aliphatic carbocycles. The van der Waals surface area contributed by atoms with Crippen LogP contribution in [0.3, 0.4) is 0 Å². The second kappa shape index (κ2) is 7.74. The maximum absolute atomic E-state index is 12.4. The number of aryl methyl sites for hydroxylation is 1. The molecule has 0 heterocycles. The first-order chi connectivity index (χ1) is 10.2. The fourth-order valence-electron chi connectivity index (χ4n) is 2.89. The van der Waals surface area contributed by atoms with E-state index in [1.54, 1.807) is 0 Å². The highest BCUT2D eigenvalue weighted by Crippen LogP contribution is 2.28. The van der Waals surface area contributed by atoms with E-state index < -0.39 is 0 Å². The summed E-state index contributed by atoms with van der Waals surface area (Å²) >= 11 is 1.87. The molecule has 1 aliphatic rings. The number of hydrogen-bond acceptors (Lipinski definition) is 3. The standard InChI is InChI=1S/C17H26N2OS/c1-4-10-18-14-9-8-13(11-12(14)2)17(20)19-15-6-5-7-16(15)21-3/h8-9,11,15-16,18H,4-7,10H2,1-3H3,(H,19,20). The van der Waals surface area contributed by atoms with Gasteiger partial charge in [-0.25, -0.2) is 0 Å². The molecule has 2 N–H and O–H groups in total. The van der Waals surface area contributed by atoms with Gasteiger partial charge in [0.1, 0.15) is 0 Å². The maximum atomic E-state index is 12.4. The van der Waals surface area contributed by atoms with E-state index in [1.807, 2.05) is 30.0 Å². The van der Waals surface area contributed by atoms with Crippen molar-refractivity contribution in [3.63, 3.8) is 0 Å². The lowest BCUT2D eigenvalue weighted by atomic mass is 10.1. The Balaban J connectivity index is 2.00. The van der Waals surface area contributed by atoms with E-state index in [1.165, 1.54) is 12.8 Å². The van der Waals surface area contributed by atoms with Gasteiger partial charge in [0, 0.05) is 29.1 Å². The molecule has 0 saturated heterocycles. The van der Waals surface area contributed by atoms with Gasteiger partial charge in [-0.15, -0.1) is 0 Å². The zero-order valence-corrected chi connectivity index (χ0v) is 14.1. The van der Waals surface area contributed by atoms with Crippen LogP contribution in [-0.2, 0) is 0 Å². The van der Waals surface area contributed by atoms with E-state index in [2.05, 4.69) is 30.7 Å². The topological polar surface area (TPSA) is 41.1 Å². The van der Waals surface area contributed by atoms with Gasteiger partial charge in [-0.05, 0) is 56.2 Å². The van der Waals surface area contributed by atoms with Gasteiger partial charge in [-0.1, -0.05) is 13.3 Å². The highest BCUT2D eigenvalue weighted by Gasteiger charge is 2.28. The summed E-state index contributed by atoms with van der Waals surface area (Å²) in [6.07, 6.45) is 6.76. The molecule has 116 valence electrons. The molecule has 1 aromatic carbocycles. The number of thioether (sulfide) groups is 1. The number of hydrogen-bond donors (Lipinski definition) is 2. The SMILES string of the molecule is CCCNc1ccc(C(=O)NC2CCCC2SC)cc1C. The number of amides is 1. The van der Waals surface area contributed by atoms with Crippen molar-refractivity contribution in [1.29, 1.82) is 0 Å². The van der Waals surface area contributed by atoms with Crippen LogP contribution in [0.15, 0.2) is 18.2 Å². The Morgan fingerprint density at radius 2 is 2.19 bits per heavy atom. The number of carbonyl (C=O) groups excluding carboxylic acids is 1. The van der Waals surface area contributed by atoms with Gasteiger partial charge >= 0.3 is 0 Å². The van der Waals surface area contributed by atoms with Gasteiger partial charge in [0.25, 0.3) is 5.91 Å². The molecule has 0 bridgehead atoms. The number of carbonyl (C=O) groups is 1. The largest absolute Gasteiger partial charge is 0.385 e. The Morgan fingerprint density at radius 3 is 2.86 bits per heavy atom. The van der Waals surface area contributed by atoms with Crippen molar-refractivity contribution in [1.82, 2.24) is 5.32 Å². The minimum absolute atomic E-state index is 0.0612. The van der Waals surface area contributed by atoms with Gasteiger partial charge < -0.3 is 10.6 Å². The van der Waals surface area contributed by atoms with E-state index in [0.29, 0.717) is 11.3 Å². The molecule has 1 fully saturated rings. The lowest BCUT2D eigenvalue weighted by Gasteiger charge is -2.19. The quantitative estimate of drug-likeness (QED) is 0.839. The van der Waals surface area contributed by atoms with Gasteiger partial charge in [0.2, 0.25) is 0 Å². The molecule has 3 nitrogen and oxygen atoms in total. The summed E-state index contributed by atoms with van der Waals surface area (Å²) < 4.78 is 0. The van der Waals surface area contributed by atoms with E-state index >= 15 is 0 Å². The molecule has 2 unspecified atom stereocenters. The van der Waals surface area contributed by atoms with Crippen LogP contribution in [0.1, 0.15) is 48.5 Å². The minimum atomic E-state index is 0.0612. The molecule has 0 aliphatic heterocycles. The van der Waals surface area contributed by atoms with Crippen molar-refractivity contribution in [2.24, 2.45) is 0 Å². The van der Waals surface area contributed by atoms with Gasteiger partial charge in [-0.3, -0.25) is 4.79 Å².